The monoisotopic (exact) mass is 499 g/mol. The van der Waals surface area contributed by atoms with Gasteiger partial charge in [0.1, 0.15) is 0 Å². The van der Waals surface area contributed by atoms with E-state index >= 15 is 0 Å². The van der Waals surface area contributed by atoms with E-state index in [-0.39, 0.29) is 17.5 Å². The summed E-state index contributed by atoms with van der Waals surface area (Å²) in [6.07, 6.45) is 8.43. The SMILES string of the molecule is CC1CCN(c2ccc(NC(=O)C=Cc3ccc([N+](=O)[O-])cc3)cc2C(=O)NCc2cccnc2)CC1. The fraction of sp³-hybridized carbons (Fsp3) is 0.250. The molecule has 0 aliphatic carbocycles. The van der Waals surface area contributed by atoms with E-state index in [4.69, 9.17) is 0 Å². The first-order chi connectivity index (χ1) is 17.9. The van der Waals surface area contributed by atoms with Gasteiger partial charge in [-0.25, -0.2) is 0 Å². The number of rotatable bonds is 8. The summed E-state index contributed by atoms with van der Waals surface area (Å²) in [5.41, 5.74) is 3.37. The lowest BCUT2D eigenvalue weighted by molar-refractivity contribution is -0.384. The number of benzene rings is 2. The first-order valence-electron chi connectivity index (χ1n) is 12.2. The first kappa shape index (κ1) is 25.6. The molecule has 9 nitrogen and oxygen atoms in total. The molecular formula is C28H29N5O4. The van der Waals surface area contributed by atoms with Crippen molar-refractivity contribution in [2.45, 2.75) is 26.3 Å². The van der Waals surface area contributed by atoms with Crippen molar-refractivity contribution < 1.29 is 14.5 Å². The molecule has 1 aliphatic rings. The second-order valence-electron chi connectivity index (χ2n) is 9.12. The molecule has 1 saturated heterocycles. The maximum absolute atomic E-state index is 13.2. The van der Waals surface area contributed by atoms with Gasteiger partial charge < -0.3 is 15.5 Å². The molecule has 1 aliphatic heterocycles. The van der Waals surface area contributed by atoms with Crippen molar-refractivity contribution >= 4 is 35.0 Å². The molecule has 0 saturated carbocycles. The Hall–Kier alpha value is -4.53. The van der Waals surface area contributed by atoms with Gasteiger partial charge in [0, 0.05) is 61.6 Å². The predicted molar refractivity (Wildman–Crippen MR) is 143 cm³/mol. The van der Waals surface area contributed by atoms with Gasteiger partial charge in [-0.3, -0.25) is 24.7 Å². The number of nitrogens with zero attached hydrogens (tertiary/aromatic N) is 3. The van der Waals surface area contributed by atoms with Crippen LogP contribution in [0.1, 0.15) is 41.3 Å². The summed E-state index contributed by atoms with van der Waals surface area (Å²) < 4.78 is 0. The molecule has 0 bridgehead atoms. The Balaban J connectivity index is 1.49. The Labute approximate surface area is 215 Å². The van der Waals surface area contributed by atoms with E-state index in [9.17, 15) is 19.7 Å². The van der Waals surface area contributed by atoms with Crippen molar-refractivity contribution in [1.82, 2.24) is 10.3 Å². The molecule has 3 aromatic rings. The Morgan fingerprint density at radius 3 is 2.57 bits per heavy atom. The standard InChI is InChI=1S/C28H29N5O4/c1-20-12-15-32(16-13-20)26-10-7-23(17-25(26)28(35)30-19-22-3-2-14-29-18-22)31-27(34)11-6-21-4-8-24(9-5-21)33(36)37/h2-11,14,17-18,20H,12-13,15-16,19H2,1H3,(H,30,35)(H,31,34). The van der Waals surface area contributed by atoms with Gasteiger partial charge in [-0.15, -0.1) is 0 Å². The van der Waals surface area contributed by atoms with Gasteiger partial charge in [0.05, 0.1) is 10.5 Å². The fourth-order valence-corrected chi connectivity index (χ4v) is 4.16. The van der Waals surface area contributed by atoms with Crippen LogP contribution in [-0.2, 0) is 11.3 Å². The number of piperidine rings is 1. The maximum atomic E-state index is 13.2. The molecule has 2 N–H and O–H groups in total. The molecule has 2 aromatic carbocycles. The number of nitro benzene ring substituents is 1. The zero-order valence-corrected chi connectivity index (χ0v) is 20.6. The molecule has 0 radical (unpaired) electrons. The number of hydrogen-bond donors (Lipinski definition) is 2. The van der Waals surface area contributed by atoms with Crippen LogP contribution in [0.3, 0.4) is 0 Å². The molecular weight excluding hydrogens is 470 g/mol. The minimum absolute atomic E-state index is 0.0146. The lowest BCUT2D eigenvalue weighted by atomic mass is 9.97. The molecule has 1 aromatic heterocycles. The van der Waals surface area contributed by atoms with Crippen LogP contribution in [-0.4, -0.2) is 34.8 Å². The second-order valence-corrected chi connectivity index (χ2v) is 9.12. The van der Waals surface area contributed by atoms with Crippen LogP contribution in [0.4, 0.5) is 17.1 Å². The van der Waals surface area contributed by atoms with Crippen LogP contribution in [0.5, 0.6) is 0 Å². The molecule has 2 heterocycles. The number of nitro groups is 1. The Morgan fingerprint density at radius 2 is 1.89 bits per heavy atom. The van der Waals surface area contributed by atoms with Gasteiger partial charge >= 0.3 is 0 Å². The number of carbonyl (C=O) groups is 2. The van der Waals surface area contributed by atoms with E-state index in [1.165, 1.54) is 18.2 Å². The van der Waals surface area contributed by atoms with E-state index in [1.807, 2.05) is 18.2 Å². The lowest BCUT2D eigenvalue weighted by Gasteiger charge is -2.33. The van der Waals surface area contributed by atoms with Gasteiger partial charge in [-0.05, 0) is 72.4 Å². The molecule has 0 atom stereocenters. The van der Waals surface area contributed by atoms with Crippen molar-refractivity contribution in [3.63, 3.8) is 0 Å². The summed E-state index contributed by atoms with van der Waals surface area (Å²) in [5, 5.41) is 16.6. The van der Waals surface area contributed by atoms with Crippen LogP contribution in [0.25, 0.3) is 6.08 Å². The highest BCUT2D eigenvalue weighted by atomic mass is 16.6. The van der Waals surface area contributed by atoms with E-state index in [0.717, 1.165) is 37.2 Å². The second kappa shape index (κ2) is 11.9. The van der Waals surface area contributed by atoms with Crippen molar-refractivity contribution in [2.24, 2.45) is 5.92 Å². The molecule has 0 spiro atoms. The van der Waals surface area contributed by atoms with Gasteiger partial charge in [0.25, 0.3) is 11.6 Å². The Morgan fingerprint density at radius 1 is 1.14 bits per heavy atom. The lowest BCUT2D eigenvalue weighted by Crippen LogP contribution is -2.35. The van der Waals surface area contributed by atoms with Crippen LogP contribution in [0.2, 0.25) is 0 Å². The largest absolute Gasteiger partial charge is 0.371 e. The van der Waals surface area contributed by atoms with E-state index in [1.54, 1.807) is 42.7 Å². The van der Waals surface area contributed by atoms with Crippen molar-refractivity contribution in [3.05, 3.63) is 99.9 Å². The van der Waals surface area contributed by atoms with Crippen molar-refractivity contribution in [2.75, 3.05) is 23.3 Å². The summed E-state index contributed by atoms with van der Waals surface area (Å²) in [5.74, 6) is 0.0508. The Bertz CT molecular complexity index is 1280. The average Bonchev–Trinajstić information content (AvgIpc) is 2.92. The summed E-state index contributed by atoms with van der Waals surface area (Å²) in [4.78, 5) is 42.4. The first-order valence-corrected chi connectivity index (χ1v) is 12.2. The molecule has 0 unspecified atom stereocenters. The Kier molecular flexibility index (Phi) is 8.25. The zero-order chi connectivity index (χ0) is 26.2. The molecule has 190 valence electrons. The van der Waals surface area contributed by atoms with Crippen LogP contribution < -0.4 is 15.5 Å². The third kappa shape index (κ3) is 7.00. The quantitative estimate of drug-likeness (QED) is 0.261. The number of hydrogen-bond acceptors (Lipinski definition) is 6. The number of aromatic nitrogens is 1. The predicted octanol–water partition coefficient (Wildman–Crippen LogP) is 4.81. The fourth-order valence-electron chi connectivity index (χ4n) is 4.16. The molecule has 4 rings (SSSR count). The number of anilines is 2. The number of amides is 2. The molecule has 2 amide bonds. The summed E-state index contributed by atoms with van der Waals surface area (Å²) in [6.45, 7) is 4.32. The smallest absolute Gasteiger partial charge is 0.269 e. The minimum Gasteiger partial charge on any atom is -0.371 e. The summed E-state index contributed by atoms with van der Waals surface area (Å²) in [6, 6.07) is 15.0. The third-order valence-corrected chi connectivity index (χ3v) is 6.34. The van der Waals surface area contributed by atoms with Crippen LogP contribution >= 0.6 is 0 Å². The number of nitrogens with one attached hydrogen (secondary N) is 2. The highest BCUT2D eigenvalue weighted by molar-refractivity contribution is 6.05. The maximum Gasteiger partial charge on any atom is 0.269 e. The highest BCUT2D eigenvalue weighted by Gasteiger charge is 2.22. The van der Waals surface area contributed by atoms with E-state index < -0.39 is 4.92 Å². The van der Waals surface area contributed by atoms with Gasteiger partial charge in [0.2, 0.25) is 5.91 Å². The number of non-ortho nitro benzene ring substituents is 1. The van der Waals surface area contributed by atoms with Crippen LogP contribution in [0, 0.1) is 16.0 Å². The number of carbonyl (C=O) groups excluding carboxylic acids is 2. The van der Waals surface area contributed by atoms with E-state index in [0.29, 0.717) is 29.3 Å². The topological polar surface area (TPSA) is 117 Å². The zero-order valence-electron chi connectivity index (χ0n) is 20.6. The minimum atomic E-state index is -0.473. The summed E-state index contributed by atoms with van der Waals surface area (Å²) in [7, 11) is 0. The third-order valence-electron chi connectivity index (χ3n) is 6.34. The summed E-state index contributed by atoms with van der Waals surface area (Å²) >= 11 is 0. The van der Waals surface area contributed by atoms with Crippen molar-refractivity contribution in [1.29, 1.82) is 0 Å². The van der Waals surface area contributed by atoms with Gasteiger partial charge in [-0.1, -0.05) is 13.0 Å². The average molecular weight is 500 g/mol. The van der Waals surface area contributed by atoms with Crippen LogP contribution in [0.15, 0.2) is 73.1 Å². The molecule has 37 heavy (non-hydrogen) atoms. The molecule has 1 fully saturated rings. The molecule has 9 heteroatoms. The highest BCUT2D eigenvalue weighted by Crippen LogP contribution is 2.29. The van der Waals surface area contributed by atoms with Crippen molar-refractivity contribution in [3.8, 4) is 0 Å². The van der Waals surface area contributed by atoms with E-state index in [2.05, 4.69) is 27.4 Å². The van der Waals surface area contributed by atoms with Gasteiger partial charge in [0.15, 0.2) is 0 Å². The number of pyridine rings is 1. The van der Waals surface area contributed by atoms with Gasteiger partial charge in [-0.2, -0.15) is 0 Å². The normalized spacial score (nSPS) is 13.9.